The van der Waals surface area contributed by atoms with E-state index in [9.17, 15) is 31.7 Å². The van der Waals surface area contributed by atoms with Crippen LogP contribution in [0.5, 0.6) is 0 Å². The van der Waals surface area contributed by atoms with Gasteiger partial charge in [0.05, 0.1) is 14.7 Å². The average molecular weight is 428 g/mol. The fourth-order valence-corrected chi connectivity index (χ4v) is 3.63. The van der Waals surface area contributed by atoms with Gasteiger partial charge in [-0.25, -0.2) is 26.7 Å². The van der Waals surface area contributed by atoms with Gasteiger partial charge in [-0.2, -0.15) is 0 Å². The summed E-state index contributed by atoms with van der Waals surface area (Å²) in [5, 5.41) is 18.0. The predicted molar refractivity (Wildman–Crippen MR) is 99.3 cm³/mol. The number of anilines is 1. The van der Waals surface area contributed by atoms with Gasteiger partial charge in [0.2, 0.25) is 26.0 Å². The van der Waals surface area contributed by atoms with Crippen molar-refractivity contribution in [3.05, 3.63) is 58.6 Å². The van der Waals surface area contributed by atoms with E-state index in [2.05, 4.69) is 10.0 Å². The van der Waals surface area contributed by atoms with Crippen molar-refractivity contribution in [1.82, 2.24) is 4.72 Å². The highest BCUT2D eigenvalue weighted by atomic mass is 32.2. The Bertz CT molecular complexity index is 1080. The largest absolute Gasteiger partial charge is 0.326 e. The lowest BCUT2D eigenvalue weighted by molar-refractivity contribution is -0.384. The van der Waals surface area contributed by atoms with Crippen LogP contribution in [0.15, 0.2) is 58.3 Å². The lowest BCUT2D eigenvalue weighted by Crippen LogP contribution is -2.27. The first-order chi connectivity index (χ1) is 13.0. The third-order valence-corrected chi connectivity index (χ3v) is 5.87. The van der Waals surface area contributed by atoms with Gasteiger partial charge in [-0.05, 0) is 36.4 Å². The molecule has 0 aliphatic rings. The molecular formula is C15H16N4O7S2. The number of hydrogen-bond donors (Lipinski definition) is 3. The topological polar surface area (TPSA) is 179 Å². The highest BCUT2D eigenvalue weighted by Crippen LogP contribution is 2.16. The second-order valence-electron chi connectivity index (χ2n) is 5.52. The lowest BCUT2D eigenvalue weighted by atomic mass is 10.3. The summed E-state index contributed by atoms with van der Waals surface area (Å²) in [5.74, 6) is -0.505. The third-order valence-electron chi connectivity index (χ3n) is 3.47. The summed E-state index contributed by atoms with van der Waals surface area (Å²) in [7, 11) is -7.77. The van der Waals surface area contributed by atoms with Crippen LogP contribution in [-0.4, -0.2) is 34.2 Å². The second-order valence-corrected chi connectivity index (χ2v) is 8.84. The number of sulfonamides is 2. The number of nitro groups is 1. The number of nitrogens with zero attached hydrogens (tertiary/aromatic N) is 1. The van der Waals surface area contributed by atoms with E-state index in [0.29, 0.717) is 5.69 Å². The van der Waals surface area contributed by atoms with Crippen molar-refractivity contribution < 1.29 is 26.6 Å². The number of carbonyl (C=O) groups is 1. The standard InChI is InChI=1S/C15H16N4O7S2/c16-27(23,24)13-5-1-11(2-6-13)18-15(20)9-10-17-28(25,26)14-7-3-12(4-8-14)19(21)22/h1-8,17H,9-10H2,(H,18,20)(H2,16,23,24). The molecule has 2 aromatic rings. The zero-order valence-corrected chi connectivity index (χ0v) is 15.9. The molecule has 0 radical (unpaired) electrons. The van der Waals surface area contributed by atoms with E-state index >= 15 is 0 Å². The first kappa shape index (κ1) is 21.4. The minimum absolute atomic E-state index is 0.110. The fourth-order valence-electron chi connectivity index (χ4n) is 2.08. The number of nitrogens with one attached hydrogen (secondary N) is 2. The minimum Gasteiger partial charge on any atom is -0.326 e. The normalized spacial score (nSPS) is 11.8. The second kappa shape index (κ2) is 8.43. The van der Waals surface area contributed by atoms with Gasteiger partial charge in [0.1, 0.15) is 0 Å². The molecule has 0 aromatic heterocycles. The number of carbonyl (C=O) groups excluding carboxylic acids is 1. The smallest absolute Gasteiger partial charge is 0.269 e. The number of amides is 1. The van der Waals surface area contributed by atoms with Gasteiger partial charge >= 0.3 is 0 Å². The first-order valence-corrected chi connectivity index (χ1v) is 10.7. The molecule has 0 aliphatic carbocycles. The molecule has 1 amide bonds. The maximum Gasteiger partial charge on any atom is 0.269 e. The first-order valence-electron chi connectivity index (χ1n) is 7.66. The van der Waals surface area contributed by atoms with Crippen LogP contribution in [0.1, 0.15) is 6.42 Å². The van der Waals surface area contributed by atoms with E-state index in [1.54, 1.807) is 0 Å². The summed E-state index contributed by atoms with van der Waals surface area (Å²) in [6.45, 7) is -0.208. The molecule has 0 unspecified atom stereocenters. The third kappa shape index (κ3) is 5.82. The van der Waals surface area contributed by atoms with Crippen LogP contribution in [0.2, 0.25) is 0 Å². The predicted octanol–water partition coefficient (Wildman–Crippen LogP) is 0.549. The number of nitro benzene ring substituents is 1. The van der Waals surface area contributed by atoms with E-state index < -0.39 is 30.9 Å². The van der Waals surface area contributed by atoms with Crippen molar-refractivity contribution >= 4 is 37.3 Å². The fraction of sp³-hybridized carbons (Fsp3) is 0.133. The molecule has 150 valence electrons. The van der Waals surface area contributed by atoms with Crippen molar-refractivity contribution in [1.29, 1.82) is 0 Å². The van der Waals surface area contributed by atoms with Gasteiger partial charge in [0.15, 0.2) is 0 Å². The molecule has 11 nitrogen and oxygen atoms in total. The summed E-state index contributed by atoms with van der Waals surface area (Å²) in [6.07, 6.45) is -0.191. The van der Waals surface area contributed by atoms with Crippen molar-refractivity contribution in [2.24, 2.45) is 5.14 Å². The Morgan fingerprint density at radius 3 is 2.00 bits per heavy atom. The van der Waals surface area contributed by atoms with E-state index in [1.807, 2.05) is 0 Å². The Hall–Kier alpha value is -2.87. The van der Waals surface area contributed by atoms with Crippen molar-refractivity contribution in [3.63, 3.8) is 0 Å². The Morgan fingerprint density at radius 1 is 0.964 bits per heavy atom. The monoisotopic (exact) mass is 428 g/mol. The molecule has 0 spiro atoms. The van der Waals surface area contributed by atoms with E-state index in [0.717, 1.165) is 24.3 Å². The molecule has 0 bridgehead atoms. The van der Waals surface area contributed by atoms with Crippen LogP contribution in [0, 0.1) is 10.1 Å². The van der Waals surface area contributed by atoms with Crippen molar-refractivity contribution in [3.8, 4) is 0 Å². The highest BCUT2D eigenvalue weighted by molar-refractivity contribution is 7.89. The van der Waals surface area contributed by atoms with Crippen LogP contribution in [-0.2, 0) is 24.8 Å². The summed E-state index contributed by atoms with van der Waals surface area (Å²) >= 11 is 0. The van der Waals surface area contributed by atoms with Crippen LogP contribution in [0.3, 0.4) is 0 Å². The van der Waals surface area contributed by atoms with Gasteiger partial charge in [0, 0.05) is 30.8 Å². The molecule has 0 aliphatic heterocycles. The Morgan fingerprint density at radius 2 is 1.50 bits per heavy atom. The van der Waals surface area contributed by atoms with Crippen molar-refractivity contribution in [2.75, 3.05) is 11.9 Å². The maximum atomic E-state index is 12.1. The van der Waals surface area contributed by atoms with Gasteiger partial charge in [-0.1, -0.05) is 0 Å². The summed E-state index contributed by atoms with van der Waals surface area (Å²) < 4.78 is 48.7. The van der Waals surface area contributed by atoms with Gasteiger partial charge in [-0.3, -0.25) is 14.9 Å². The highest BCUT2D eigenvalue weighted by Gasteiger charge is 2.16. The zero-order chi connectivity index (χ0) is 20.9. The van der Waals surface area contributed by atoms with Gasteiger partial charge in [0.25, 0.3) is 5.69 Å². The summed E-state index contributed by atoms with van der Waals surface area (Å²) in [4.78, 5) is 21.5. The molecular weight excluding hydrogens is 412 g/mol. The number of primary sulfonamides is 1. The van der Waals surface area contributed by atoms with Crippen molar-refractivity contribution in [2.45, 2.75) is 16.2 Å². The lowest BCUT2D eigenvalue weighted by Gasteiger charge is -2.08. The molecule has 0 saturated heterocycles. The SMILES string of the molecule is NS(=O)(=O)c1ccc(NC(=O)CCNS(=O)(=O)c2ccc([N+](=O)[O-])cc2)cc1. The molecule has 0 atom stereocenters. The molecule has 0 heterocycles. The zero-order valence-electron chi connectivity index (χ0n) is 14.2. The van der Waals surface area contributed by atoms with Crippen LogP contribution in [0.4, 0.5) is 11.4 Å². The molecule has 28 heavy (non-hydrogen) atoms. The van der Waals surface area contributed by atoms with E-state index in [1.165, 1.54) is 24.3 Å². The van der Waals surface area contributed by atoms with Crippen LogP contribution >= 0.6 is 0 Å². The molecule has 2 rings (SSSR count). The molecule has 0 saturated carbocycles. The minimum atomic E-state index is -3.93. The Kier molecular flexibility index (Phi) is 6.45. The average Bonchev–Trinajstić information content (AvgIpc) is 2.61. The molecule has 4 N–H and O–H groups in total. The summed E-state index contributed by atoms with van der Waals surface area (Å²) in [5.41, 5.74) is 0.0717. The molecule has 0 fully saturated rings. The number of non-ortho nitro benzene ring substituents is 1. The molecule has 13 heteroatoms. The van der Waals surface area contributed by atoms with Crippen LogP contribution < -0.4 is 15.2 Å². The van der Waals surface area contributed by atoms with Crippen LogP contribution in [0.25, 0.3) is 0 Å². The van der Waals surface area contributed by atoms with E-state index in [4.69, 9.17) is 5.14 Å². The summed E-state index contributed by atoms with van der Waals surface area (Å²) in [6, 6.07) is 9.45. The maximum absolute atomic E-state index is 12.1. The number of nitrogens with two attached hydrogens (primary N) is 1. The Labute approximate surface area is 160 Å². The van der Waals surface area contributed by atoms with Gasteiger partial charge < -0.3 is 5.32 Å². The quantitative estimate of drug-likeness (QED) is 0.405. The number of benzene rings is 2. The van der Waals surface area contributed by atoms with Gasteiger partial charge in [-0.15, -0.1) is 0 Å². The number of rotatable bonds is 8. The molecule has 2 aromatic carbocycles. The number of hydrogen-bond acceptors (Lipinski definition) is 7. The van der Waals surface area contributed by atoms with E-state index in [-0.39, 0.29) is 28.4 Å². The Balaban J connectivity index is 1.89.